The van der Waals surface area contributed by atoms with Gasteiger partial charge < -0.3 is 14.1 Å². The third kappa shape index (κ3) is 28.8. The lowest BCUT2D eigenvalue weighted by molar-refractivity contribution is 0.0103. The summed E-state index contributed by atoms with van der Waals surface area (Å²) in [5.41, 5.74) is 8.16. The number of H-pyrrole nitrogens is 1. The third-order valence-electron chi connectivity index (χ3n) is 17.9. The van der Waals surface area contributed by atoms with Gasteiger partial charge in [-0.2, -0.15) is 0 Å². The van der Waals surface area contributed by atoms with Gasteiger partial charge >= 0.3 is 0 Å². The highest BCUT2D eigenvalue weighted by atomic mass is 32.1. The van der Waals surface area contributed by atoms with Crippen molar-refractivity contribution in [3.8, 4) is 0 Å². The van der Waals surface area contributed by atoms with Crippen LogP contribution in [0.2, 0.25) is 0 Å². The molecule has 1 saturated heterocycles. The molecule has 3 aromatic heterocycles. The lowest BCUT2D eigenvalue weighted by atomic mass is 9.72. The number of rotatable bonds is 0. The number of benzene rings is 4. The minimum absolute atomic E-state index is 0.147. The maximum absolute atomic E-state index is 5.45. The van der Waals surface area contributed by atoms with Gasteiger partial charge in [-0.3, -0.25) is 0 Å². The number of ether oxygens (including phenoxy) is 1. The maximum atomic E-state index is 5.45. The van der Waals surface area contributed by atoms with Crippen molar-refractivity contribution in [2.45, 2.75) is 291 Å². The van der Waals surface area contributed by atoms with Crippen molar-refractivity contribution in [2.24, 2.45) is 34.0 Å². The first-order chi connectivity index (χ1) is 40.5. The fraction of sp³-hybridized carbons (Fsp3) is 0.619. The molecule has 1 unspecified atom stereocenters. The molecule has 0 amide bonds. The minimum atomic E-state index is 0.147. The molecule has 0 radical (unpaired) electrons. The number of hydrogen-bond donors (Lipinski definition) is 1. The molecule has 0 spiro atoms. The Morgan fingerprint density at radius 2 is 0.898 bits per heavy atom. The van der Waals surface area contributed by atoms with Crippen molar-refractivity contribution < 1.29 is 9.15 Å². The average molecular weight is 1220 g/mol. The van der Waals surface area contributed by atoms with Crippen LogP contribution in [-0.4, -0.2) is 18.2 Å². The van der Waals surface area contributed by atoms with E-state index in [2.05, 4.69) is 294 Å². The van der Waals surface area contributed by atoms with Crippen LogP contribution in [0.5, 0.6) is 0 Å². The fourth-order valence-corrected chi connectivity index (χ4v) is 12.4. The van der Waals surface area contributed by atoms with Crippen LogP contribution in [0, 0.1) is 54.8 Å². The Bertz CT molecular complexity index is 2810. The molecule has 1 atom stereocenters. The number of aromatic nitrogens is 1. The summed E-state index contributed by atoms with van der Waals surface area (Å²) in [6.45, 7) is 62.6. The lowest BCUT2D eigenvalue weighted by Gasteiger charge is -2.33. The van der Waals surface area contributed by atoms with Crippen LogP contribution >= 0.6 is 11.3 Å². The summed E-state index contributed by atoms with van der Waals surface area (Å²) in [5.74, 6) is 4.83. The van der Waals surface area contributed by atoms with E-state index in [-0.39, 0.29) is 21.7 Å². The second-order valence-electron chi connectivity index (χ2n) is 34.4. The number of fused-ring (bicyclic) bond motifs is 2. The minimum Gasteiger partial charge on any atom is -0.466 e. The first kappa shape index (κ1) is 77.9. The molecule has 0 bridgehead atoms. The molecule has 3 fully saturated rings. The average Bonchev–Trinajstić information content (AvgIpc) is 4.41. The Hall–Kier alpha value is -4.38. The summed E-state index contributed by atoms with van der Waals surface area (Å²) in [6.07, 6.45) is 17.4. The molecule has 4 heteroatoms. The number of hydrogen-bond acceptors (Lipinski definition) is 3. The van der Waals surface area contributed by atoms with E-state index < -0.39 is 0 Å². The molecule has 2 aliphatic carbocycles. The van der Waals surface area contributed by atoms with Crippen molar-refractivity contribution in [3.05, 3.63) is 165 Å². The van der Waals surface area contributed by atoms with Gasteiger partial charge in [0.25, 0.3) is 0 Å². The fourth-order valence-electron chi connectivity index (χ4n) is 11.5. The Kier molecular flexibility index (Phi) is 30.4. The monoisotopic (exact) mass is 1220 g/mol. The second-order valence-corrected chi connectivity index (χ2v) is 35.7. The predicted molar refractivity (Wildman–Crippen MR) is 394 cm³/mol. The van der Waals surface area contributed by atoms with E-state index in [4.69, 9.17) is 9.15 Å². The molecule has 3 aliphatic rings. The Morgan fingerprint density at radius 3 is 1.24 bits per heavy atom. The highest BCUT2D eigenvalue weighted by Crippen LogP contribution is 2.39. The number of nitrogens with one attached hydrogen (secondary N) is 1. The molecule has 1 aliphatic heterocycles. The molecule has 10 rings (SSSR count). The Labute approximate surface area is 547 Å². The zero-order valence-corrected chi connectivity index (χ0v) is 62.7. The highest BCUT2D eigenvalue weighted by Gasteiger charge is 2.28. The van der Waals surface area contributed by atoms with E-state index in [1.807, 2.05) is 30.4 Å². The SMILES string of the molecule is CC(C)(C)C1CCCCC1.CC(C)(C)C1CCCCC1.CC(C)(C)C1CCCOC1.CC(C)(C)c1ccc2ccccc2c1.CC(C)(C)c1cccc2ccccc12.Cc1ccc(C(C)(C)C)[nH]1.Cc1ccc(C(C)(C)C)o1.Cc1ccc(C(C)(C)C)s1. The van der Waals surface area contributed by atoms with Gasteiger partial charge in [0.15, 0.2) is 0 Å². The second kappa shape index (κ2) is 34.3. The maximum Gasteiger partial charge on any atom is 0.109 e. The molecule has 4 heterocycles. The van der Waals surface area contributed by atoms with Gasteiger partial charge in [0.2, 0.25) is 0 Å². The van der Waals surface area contributed by atoms with E-state index >= 15 is 0 Å². The smallest absolute Gasteiger partial charge is 0.109 e. The molecule has 4 aromatic carbocycles. The van der Waals surface area contributed by atoms with Crippen LogP contribution in [-0.2, 0) is 31.8 Å². The highest BCUT2D eigenvalue weighted by molar-refractivity contribution is 7.12. The predicted octanol–water partition coefficient (Wildman–Crippen LogP) is 26.8. The van der Waals surface area contributed by atoms with Gasteiger partial charge in [0, 0.05) is 45.2 Å². The summed E-state index contributed by atoms with van der Waals surface area (Å²) in [5, 5.41) is 5.36. The van der Waals surface area contributed by atoms with Crippen LogP contribution in [0.1, 0.15) is 287 Å². The number of aromatic amines is 1. The third-order valence-corrected chi connectivity index (χ3v) is 19.3. The van der Waals surface area contributed by atoms with Gasteiger partial charge in [0.05, 0.1) is 0 Å². The first-order valence-corrected chi connectivity index (χ1v) is 35.1. The van der Waals surface area contributed by atoms with E-state index in [9.17, 15) is 0 Å². The van der Waals surface area contributed by atoms with Gasteiger partial charge in [-0.15, -0.1) is 11.3 Å². The summed E-state index contributed by atoms with van der Waals surface area (Å²) >= 11 is 1.89. The van der Waals surface area contributed by atoms with Gasteiger partial charge in [-0.1, -0.05) is 290 Å². The molecule has 492 valence electrons. The van der Waals surface area contributed by atoms with Crippen molar-refractivity contribution in [3.63, 3.8) is 0 Å². The Morgan fingerprint density at radius 1 is 0.398 bits per heavy atom. The summed E-state index contributed by atoms with van der Waals surface area (Å²) < 4.78 is 10.9. The van der Waals surface area contributed by atoms with Crippen molar-refractivity contribution in [2.75, 3.05) is 13.2 Å². The van der Waals surface area contributed by atoms with Crippen LogP contribution < -0.4 is 0 Å². The van der Waals surface area contributed by atoms with E-state index in [1.165, 1.54) is 131 Å². The quantitative estimate of drug-likeness (QED) is 0.164. The van der Waals surface area contributed by atoms with Crippen LogP contribution in [0.3, 0.4) is 0 Å². The molecular formula is C84H133NO2S. The normalized spacial score (nSPS) is 16.4. The summed E-state index contributed by atoms with van der Waals surface area (Å²) in [4.78, 5) is 6.20. The molecule has 2 saturated carbocycles. The van der Waals surface area contributed by atoms with Crippen LogP contribution in [0.4, 0.5) is 0 Å². The van der Waals surface area contributed by atoms with Crippen molar-refractivity contribution in [1.82, 2.24) is 4.98 Å². The first-order valence-electron chi connectivity index (χ1n) is 34.3. The summed E-state index contributed by atoms with van der Waals surface area (Å²) in [7, 11) is 0. The number of aryl methyl sites for hydroxylation is 3. The number of thiophene rings is 1. The Balaban J connectivity index is 0.000000264. The van der Waals surface area contributed by atoms with Crippen LogP contribution in [0.25, 0.3) is 21.5 Å². The van der Waals surface area contributed by atoms with Gasteiger partial charge in [-0.25, -0.2) is 0 Å². The molecule has 88 heavy (non-hydrogen) atoms. The largest absolute Gasteiger partial charge is 0.466 e. The van der Waals surface area contributed by atoms with E-state index in [0.29, 0.717) is 21.7 Å². The van der Waals surface area contributed by atoms with Crippen molar-refractivity contribution >= 4 is 32.9 Å². The zero-order chi connectivity index (χ0) is 66.5. The van der Waals surface area contributed by atoms with Gasteiger partial charge in [-0.05, 0) is 179 Å². The molecule has 7 aromatic rings. The standard InChI is InChI=1S/2C14H16.2C10H20.C9H15N.C9H14O.C9H18O.C9H14S/c1-14(2,3)13-10-6-8-11-7-4-5-9-12(11)13;1-14(2,3)13-9-8-11-6-4-5-7-12(11)10-13;2*1-10(2,3)9-7-5-4-6-8-9;2*1-7-5-6-8(10-7)9(2,3)4;1-9(2,3)8-5-4-6-10-7-8;1-7-5-6-8(10-7)9(2,3)4/h2*4-10H,1-3H3;2*9H,4-8H2,1-3H3;5-6,10H,1-4H3;5-6H,1-4H3;8H,4-7H2,1-3H3;5-6H,1-4H3. The van der Waals surface area contributed by atoms with E-state index in [0.717, 1.165) is 42.5 Å². The lowest BCUT2D eigenvalue weighted by Crippen LogP contribution is -2.29. The van der Waals surface area contributed by atoms with Crippen LogP contribution in [0.15, 0.2) is 126 Å². The summed E-state index contributed by atoms with van der Waals surface area (Å²) in [6, 6.07) is 43.0. The molecule has 1 N–H and O–H groups in total. The van der Waals surface area contributed by atoms with Gasteiger partial charge in [0.1, 0.15) is 11.5 Å². The van der Waals surface area contributed by atoms with E-state index in [1.54, 1.807) is 0 Å². The molecular weight excluding hydrogens is 1090 g/mol. The van der Waals surface area contributed by atoms with Crippen molar-refractivity contribution in [1.29, 1.82) is 0 Å². The zero-order valence-electron chi connectivity index (χ0n) is 61.9. The molecule has 3 nitrogen and oxygen atoms in total. The number of furan rings is 1. The topological polar surface area (TPSA) is 38.2 Å².